The van der Waals surface area contributed by atoms with Crippen molar-refractivity contribution >= 4 is 21.7 Å². The van der Waals surface area contributed by atoms with Crippen molar-refractivity contribution in [3.05, 3.63) is 0 Å². The molecular formula is C7H9BrO. The van der Waals surface area contributed by atoms with E-state index in [0.29, 0.717) is 5.78 Å². The van der Waals surface area contributed by atoms with Gasteiger partial charge in [-0.3, -0.25) is 4.79 Å². The lowest BCUT2D eigenvalue weighted by atomic mass is 9.99. The molecule has 0 amide bonds. The molecule has 0 heterocycles. The molecule has 50 valence electrons. The molecule has 9 heavy (non-hydrogen) atoms. The highest BCUT2D eigenvalue weighted by molar-refractivity contribution is 9.10. The Morgan fingerprint density at radius 3 is 2.67 bits per heavy atom. The summed E-state index contributed by atoms with van der Waals surface area (Å²) in [5.41, 5.74) is 0. The fourth-order valence-corrected chi connectivity index (χ4v) is 2.82. The van der Waals surface area contributed by atoms with Gasteiger partial charge in [0.05, 0.1) is 4.32 Å². The number of alkyl halides is 1. The number of halogens is 1. The van der Waals surface area contributed by atoms with Crippen LogP contribution in [0.3, 0.4) is 0 Å². The number of rotatable bonds is 0. The van der Waals surface area contributed by atoms with Gasteiger partial charge in [-0.1, -0.05) is 15.9 Å². The lowest BCUT2D eigenvalue weighted by molar-refractivity contribution is -0.120. The van der Waals surface area contributed by atoms with E-state index >= 15 is 0 Å². The van der Waals surface area contributed by atoms with E-state index in [9.17, 15) is 4.79 Å². The summed E-state index contributed by atoms with van der Waals surface area (Å²) in [7, 11) is 0. The van der Waals surface area contributed by atoms with Crippen LogP contribution in [0.2, 0.25) is 0 Å². The molecule has 2 atom stereocenters. The predicted octanol–water partition coefficient (Wildman–Crippen LogP) is 1.89. The molecular weight excluding hydrogens is 180 g/mol. The molecule has 2 heteroatoms. The van der Waals surface area contributed by atoms with Crippen LogP contribution >= 0.6 is 15.9 Å². The van der Waals surface area contributed by atoms with Gasteiger partial charge in [0.1, 0.15) is 5.78 Å². The number of hydrogen-bond acceptors (Lipinski definition) is 1. The van der Waals surface area contributed by atoms with Crippen molar-refractivity contribution in [2.45, 2.75) is 30.0 Å². The fraction of sp³-hybridized carbons (Fsp3) is 0.857. The third kappa shape index (κ3) is 0.689. The molecule has 2 fully saturated rings. The number of hydrogen-bond donors (Lipinski definition) is 0. The fourth-order valence-electron chi connectivity index (χ4n) is 1.97. The zero-order valence-electron chi connectivity index (χ0n) is 5.19. The highest BCUT2D eigenvalue weighted by Crippen LogP contribution is 2.50. The Labute approximate surface area is 62.9 Å². The molecule has 0 N–H and O–H groups in total. The van der Waals surface area contributed by atoms with E-state index in [4.69, 9.17) is 0 Å². The summed E-state index contributed by atoms with van der Waals surface area (Å²) >= 11 is 3.50. The van der Waals surface area contributed by atoms with Gasteiger partial charge >= 0.3 is 0 Å². The number of carbonyl (C=O) groups excluding carboxylic acids is 1. The normalized spacial score (nSPS) is 48.6. The Kier molecular flexibility index (Phi) is 1.05. The largest absolute Gasteiger partial charge is 0.298 e. The Morgan fingerprint density at radius 2 is 2.44 bits per heavy atom. The molecule has 0 spiro atoms. The van der Waals surface area contributed by atoms with Crippen molar-refractivity contribution in [1.82, 2.24) is 0 Å². The first-order chi connectivity index (χ1) is 4.21. The van der Waals surface area contributed by atoms with Gasteiger partial charge in [0.15, 0.2) is 0 Å². The van der Waals surface area contributed by atoms with Gasteiger partial charge in [0, 0.05) is 6.42 Å². The van der Waals surface area contributed by atoms with Crippen molar-refractivity contribution in [1.29, 1.82) is 0 Å². The van der Waals surface area contributed by atoms with Gasteiger partial charge in [-0.05, 0) is 25.2 Å². The summed E-state index contributed by atoms with van der Waals surface area (Å²) < 4.78 is -0.0579. The van der Waals surface area contributed by atoms with E-state index in [2.05, 4.69) is 15.9 Å². The zero-order valence-corrected chi connectivity index (χ0v) is 6.78. The van der Waals surface area contributed by atoms with E-state index in [1.165, 1.54) is 6.42 Å². The van der Waals surface area contributed by atoms with E-state index in [1.54, 1.807) is 0 Å². The molecule has 0 saturated heterocycles. The quantitative estimate of drug-likeness (QED) is 0.532. The van der Waals surface area contributed by atoms with Crippen LogP contribution in [0.25, 0.3) is 0 Å². The second kappa shape index (κ2) is 1.60. The first-order valence-corrected chi connectivity index (χ1v) is 4.22. The maximum atomic E-state index is 11.1. The lowest BCUT2D eigenvalue weighted by Crippen LogP contribution is -2.24. The SMILES string of the molecule is O=C1C[C@@H]2CC[C@]1(Br)C2. The molecule has 0 radical (unpaired) electrons. The number of carbonyl (C=O) groups is 1. The van der Waals surface area contributed by atoms with Crippen molar-refractivity contribution in [2.75, 3.05) is 0 Å². The molecule has 0 unspecified atom stereocenters. The first-order valence-electron chi connectivity index (χ1n) is 3.43. The molecule has 0 aliphatic heterocycles. The summed E-state index contributed by atoms with van der Waals surface area (Å²) in [4.78, 5) is 11.1. The van der Waals surface area contributed by atoms with Crippen molar-refractivity contribution in [2.24, 2.45) is 5.92 Å². The molecule has 1 nitrogen and oxygen atoms in total. The maximum absolute atomic E-state index is 11.1. The van der Waals surface area contributed by atoms with E-state index < -0.39 is 0 Å². The minimum absolute atomic E-state index is 0.0579. The van der Waals surface area contributed by atoms with Crippen molar-refractivity contribution in [3.63, 3.8) is 0 Å². The van der Waals surface area contributed by atoms with Crippen LogP contribution in [0, 0.1) is 5.92 Å². The summed E-state index contributed by atoms with van der Waals surface area (Å²) in [6.07, 6.45) is 4.28. The lowest BCUT2D eigenvalue weighted by Gasteiger charge is -2.15. The van der Waals surface area contributed by atoms with E-state index in [1.807, 2.05) is 0 Å². The van der Waals surface area contributed by atoms with Gasteiger partial charge in [0.25, 0.3) is 0 Å². The highest BCUT2D eigenvalue weighted by atomic mass is 79.9. The topological polar surface area (TPSA) is 17.1 Å². The van der Waals surface area contributed by atoms with Gasteiger partial charge in [-0.15, -0.1) is 0 Å². The summed E-state index contributed by atoms with van der Waals surface area (Å²) in [6.45, 7) is 0. The monoisotopic (exact) mass is 188 g/mol. The Morgan fingerprint density at radius 1 is 1.67 bits per heavy atom. The number of ketones is 1. The molecule has 0 aromatic rings. The smallest absolute Gasteiger partial charge is 0.149 e. The van der Waals surface area contributed by atoms with Crippen LogP contribution in [-0.2, 0) is 4.79 Å². The molecule has 2 bridgehead atoms. The van der Waals surface area contributed by atoms with Gasteiger partial charge < -0.3 is 0 Å². The molecule has 2 saturated carbocycles. The number of fused-ring (bicyclic) bond motifs is 2. The average Bonchev–Trinajstić information content (AvgIpc) is 2.22. The second-order valence-electron chi connectivity index (χ2n) is 3.20. The van der Waals surface area contributed by atoms with Crippen LogP contribution in [0.5, 0.6) is 0 Å². The number of Topliss-reactive ketones (excluding diaryl/α,β-unsaturated/α-hetero) is 1. The average molecular weight is 189 g/mol. The minimum atomic E-state index is -0.0579. The van der Waals surface area contributed by atoms with Crippen molar-refractivity contribution in [3.8, 4) is 0 Å². The van der Waals surface area contributed by atoms with Gasteiger partial charge in [-0.25, -0.2) is 0 Å². The van der Waals surface area contributed by atoms with Gasteiger partial charge in [0.2, 0.25) is 0 Å². The van der Waals surface area contributed by atoms with Crippen molar-refractivity contribution < 1.29 is 4.79 Å². The molecule has 0 aromatic heterocycles. The first kappa shape index (κ1) is 5.90. The van der Waals surface area contributed by atoms with E-state index in [0.717, 1.165) is 25.2 Å². The predicted molar refractivity (Wildman–Crippen MR) is 38.6 cm³/mol. The third-order valence-corrected chi connectivity index (χ3v) is 3.70. The Balaban J connectivity index is 2.32. The minimum Gasteiger partial charge on any atom is -0.298 e. The standard InChI is InChI=1S/C7H9BrO/c8-7-2-1-5(4-7)3-6(7)9/h5H,1-4H2/t5-,7-/m0/s1. The molecule has 2 aliphatic carbocycles. The molecule has 0 aromatic carbocycles. The van der Waals surface area contributed by atoms with Gasteiger partial charge in [-0.2, -0.15) is 0 Å². The molecule has 2 aliphatic rings. The van der Waals surface area contributed by atoms with Crippen LogP contribution < -0.4 is 0 Å². The molecule has 2 rings (SSSR count). The third-order valence-electron chi connectivity index (χ3n) is 2.53. The maximum Gasteiger partial charge on any atom is 0.149 e. The Hall–Kier alpha value is 0.150. The summed E-state index contributed by atoms with van der Waals surface area (Å²) in [5, 5.41) is 0. The van der Waals surface area contributed by atoms with Crippen LogP contribution in [-0.4, -0.2) is 10.1 Å². The van der Waals surface area contributed by atoms with Crippen LogP contribution in [0.15, 0.2) is 0 Å². The van der Waals surface area contributed by atoms with E-state index in [-0.39, 0.29) is 4.32 Å². The summed E-state index contributed by atoms with van der Waals surface area (Å²) in [6, 6.07) is 0. The second-order valence-corrected chi connectivity index (χ2v) is 4.72. The highest BCUT2D eigenvalue weighted by Gasteiger charge is 2.49. The van der Waals surface area contributed by atoms with Crippen LogP contribution in [0.4, 0.5) is 0 Å². The Bertz CT molecular complexity index is 166. The van der Waals surface area contributed by atoms with Crippen LogP contribution in [0.1, 0.15) is 25.7 Å². The summed E-state index contributed by atoms with van der Waals surface area (Å²) in [5.74, 6) is 1.16. The zero-order chi connectivity index (χ0) is 6.48.